The van der Waals surface area contributed by atoms with Gasteiger partial charge in [0, 0.05) is 12.6 Å². The van der Waals surface area contributed by atoms with Gasteiger partial charge in [-0.3, -0.25) is 4.90 Å². The highest BCUT2D eigenvalue weighted by Gasteiger charge is 2.14. The maximum absolute atomic E-state index is 5.46. The molecule has 80 valence electrons. The monoisotopic (exact) mass is 197 g/mol. The number of anilines is 1. The van der Waals surface area contributed by atoms with E-state index < -0.39 is 0 Å². The van der Waals surface area contributed by atoms with Crippen LogP contribution >= 0.6 is 0 Å². The minimum Gasteiger partial charge on any atom is -0.381 e. The minimum atomic E-state index is 0.292. The third-order valence-electron chi connectivity index (χ3n) is 1.75. The van der Waals surface area contributed by atoms with Crippen molar-refractivity contribution in [3.63, 3.8) is 0 Å². The standard InChI is InChI=1S/C10H19N3O/c1-10(2,3)7-13(4)6-8-5-9(11)12-14-8/h5H,6-7H2,1-4H3,(H2,11,12). The molecule has 0 amide bonds. The highest BCUT2D eigenvalue weighted by Crippen LogP contribution is 2.16. The molecule has 0 unspecified atom stereocenters. The minimum absolute atomic E-state index is 0.292. The highest BCUT2D eigenvalue weighted by molar-refractivity contribution is 5.26. The van der Waals surface area contributed by atoms with Crippen LogP contribution in [0.5, 0.6) is 0 Å². The number of nitrogens with two attached hydrogens (primary N) is 1. The molecule has 0 aliphatic carbocycles. The van der Waals surface area contributed by atoms with Crippen molar-refractivity contribution in [3.05, 3.63) is 11.8 Å². The number of hydrogen-bond acceptors (Lipinski definition) is 4. The summed E-state index contributed by atoms with van der Waals surface area (Å²) < 4.78 is 5.03. The van der Waals surface area contributed by atoms with Crippen LogP contribution in [-0.2, 0) is 6.54 Å². The topological polar surface area (TPSA) is 55.3 Å². The van der Waals surface area contributed by atoms with E-state index in [0.29, 0.717) is 11.2 Å². The van der Waals surface area contributed by atoms with Crippen molar-refractivity contribution >= 4 is 5.82 Å². The molecule has 1 heterocycles. The molecular formula is C10H19N3O. The summed E-state index contributed by atoms with van der Waals surface area (Å²) in [5.74, 6) is 1.26. The molecule has 2 N–H and O–H groups in total. The molecule has 0 fully saturated rings. The molecule has 1 aromatic rings. The first-order chi connectivity index (χ1) is 6.37. The van der Waals surface area contributed by atoms with Crippen LogP contribution in [0.4, 0.5) is 5.82 Å². The number of nitrogens with zero attached hydrogens (tertiary/aromatic N) is 2. The van der Waals surface area contributed by atoms with Crippen LogP contribution in [0.2, 0.25) is 0 Å². The Kier molecular flexibility index (Phi) is 3.16. The van der Waals surface area contributed by atoms with Crippen molar-refractivity contribution < 1.29 is 4.52 Å². The van der Waals surface area contributed by atoms with Crippen LogP contribution < -0.4 is 5.73 Å². The molecule has 4 heteroatoms. The average Bonchev–Trinajstić information content (AvgIpc) is 2.30. The lowest BCUT2D eigenvalue weighted by atomic mass is 9.96. The van der Waals surface area contributed by atoms with Crippen molar-refractivity contribution in [2.45, 2.75) is 27.3 Å². The lowest BCUT2D eigenvalue weighted by Crippen LogP contribution is -2.28. The van der Waals surface area contributed by atoms with Gasteiger partial charge in [0.05, 0.1) is 6.54 Å². The van der Waals surface area contributed by atoms with Gasteiger partial charge in [0.2, 0.25) is 0 Å². The smallest absolute Gasteiger partial charge is 0.167 e. The molecule has 1 rings (SSSR count). The van der Waals surface area contributed by atoms with Gasteiger partial charge in [-0.2, -0.15) is 0 Å². The van der Waals surface area contributed by atoms with Crippen LogP contribution in [0.15, 0.2) is 10.6 Å². The zero-order valence-electron chi connectivity index (χ0n) is 9.37. The molecule has 0 aliphatic heterocycles. The largest absolute Gasteiger partial charge is 0.381 e. The quantitative estimate of drug-likeness (QED) is 0.801. The van der Waals surface area contributed by atoms with E-state index in [9.17, 15) is 0 Å². The molecule has 1 aromatic heterocycles. The number of rotatable bonds is 3. The van der Waals surface area contributed by atoms with E-state index in [4.69, 9.17) is 10.3 Å². The molecular weight excluding hydrogens is 178 g/mol. The van der Waals surface area contributed by atoms with Crippen molar-refractivity contribution in [3.8, 4) is 0 Å². The Morgan fingerprint density at radius 3 is 2.57 bits per heavy atom. The van der Waals surface area contributed by atoms with Gasteiger partial charge in [0.15, 0.2) is 11.6 Å². The Morgan fingerprint density at radius 1 is 1.50 bits per heavy atom. The first-order valence-corrected chi connectivity index (χ1v) is 4.76. The lowest BCUT2D eigenvalue weighted by molar-refractivity contribution is 0.201. The lowest BCUT2D eigenvalue weighted by Gasteiger charge is -2.25. The maximum atomic E-state index is 5.46. The Balaban J connectivity index is 2.45. The van der Waals surface area contributed by atoms with Crippen molar-refractivity contribution in [1.82, 2.24) is 10.1 Å². The van der Waals surface area contributed by atoms with Gasteiger partial charge >= 0.3 is 0 Å². The molecule has 0 radical (unpaired) electrons. The summed E-state index contributed by atoms with van der Waals surface area (Å²) in [5, 5.41) is 3.64. The van der Waals surface area contributed by atoms with Crippen molar-refractivity contribution in [2.24, 2.45) is 5.41 Å². The molecule has 0 aliphatic rings. The fourth-order valence-corrected chi connectivity index (χ4v) is 1.54. The van der Waals surface area contributed by atoms with E-state index in [1.165, 1.54) is 0 Å². The fraction of sp³-hybridized carbons (Fsp3) is 0.700. The van der Waals surface area contributed by atoms with Crippen LogP contribution in [-0.4, -0.2) is 23.6 Å². The predicted molar refractivity (Wildman–Crippen MR) is 56.7 cm³/mol. The second-order valence-electron chi connectivity index (χ2n) is 4.95. The van der Waals surface area contributed by atoms with E-state index in [1.54, 1.807) is 6.07 Å². The summed E-state index contributed by atoms with van der Waals surface area (Å²) in [7, 11) is 2.06. The van der Waals surface area contributed by atoms with E-state index in [-0.39, 0.29) is 0 Å². The van der Waals surface area contributed by atoms with Gasteiger partial charge < -0.3 is 10.3 Å². The summed E-state index contributed by atoms with van der Waals surface area (Å²) >= 11 is 0. The summed E-state index contributed by atoms with van der Waals surface area (Å²) in [6.07, 6.45) is 0. The first-order valence-electron chi connectivity index (χ1n) is 4.76. The van der Waals surface area contributed by atoms with Gasteiger partial charge in [-0.1, -0.05) is 25.9 Å². The van der Waals surface area contributed by atoms with Crippen LogP contribution in [0.3, 0.4) is 0 Å². The zero-order valence-corrected chi connectivity index (χ0v) is 9.37. The van der Waals surface area contributed by atoms with E-state index in [0.717, 1.165) is 18.8 Å². The number of aromatic nitrogens is 1. The van der Waals surface area contributed by atoms with Crippen LogP contribution in [0.1, 0.15) is 26.5 Å². The summed E-state index contributed by atoms with van der Waals surface area (Å²) in [6.45, 7) is 8.38. The molecule has 0 saturated heterocycles. The Labute approximate surface area is 85.1 Å². The first kappa shape index (κ1) is 11.0. The van der Waals surface area contributed by atoms with Gasteiger partial charge in [-0.05, 0) is 12.5 Å². The zero-order chi connectivity index (χ0) is 10.8. The SMILES string of the molecule is CN(Cc1cc(N)no1)CC(C)(C)C. The van der Waals surface area contributed by atoms with E-state index in [2.05, 4.69) is 37.9 Å². The van der Waals surface area contributed by atoms with Crippen LogP contribution in [0.25, 0.3) is 0 Å². The summed E-state index contributed by atoms with van der Waals surface area (Å²) in [6, 6.07) is 1.76. The van der Waals surface area contributed by atoms with Gasteiger partial charge in [-0.15, -0.1) is 0 Å². The Hall–Kier alpha value is -1.03. The fourth-order valence-electron chi connectivity index (χ4n) is 1.54. The summed E-state index contributed by atoms with van der Waals surface area (Å²) in [5.41, 5.74) is 5.75. The van der Waals surface area contributed by atoms with Crippen molar-refractivity contribution in [1.29, 1.82) is 0 Å². The van der Waals surface area contributed by atoms with Crippen LogP contribution in [0, 0.1) is 5.41 Å². The third-order valence-corrected chi connectivity index (χ3v) is 1.75. The third kappa shape index (κ3) is 3.79. The van der Waals surface area contributed by atoms with E-state index in [1.807, 2.05) is 0 Å². The van der Waals surface area contributed by atoms with Crippen molar-refractivity contribution in [2.75, 3.05) is 19.3 Å². The molecule has 0 saturated carbocycles. The number of nitrogen functional groups attached to an aromatic ring is 1. The predicted octanol–water partition coefficient (Wildman–Crippen LogP) is 1.73. The Bertz CT molecular complexity index is 288. The maximum Gasteiger partial charge on any atom is 0.167 e. The van der Waals surface area contributed by atoms with Gasteiger partial charge in [-0.25, -0.2) is 0 Å². The number of hydrogen-bond donors (Lipinski definition) is 1. The summed E-state index contributed by atoms with van der Waals surface area (Å²) in [4.78, 5) is 2.19. The second-order valence-corrected chi connectivity index (χ2v) is 4.95. The van der Waals surface area contributed by atoms with Gasteiger partial charge in [0.25, 0.3) is 0 Å². The molecule has 0 spiro atoms. The molecule has 0 bridgehead atoms. The average molecular weight is 197 g/mol. The van der Waals surface area contributed by atoms with Gasteiger partial charge in [0.1, 0.15) is 0 Å². The second kappa shape index (κ2) is 4.00. The Morgan fingerprint density at radius 2 is 2.14 bits per heavy atom. The molecule has 0 atom stereocenters. The van der Waals surface area contributed by atoms with E-state index >= 15 is 0 Å². The normalized spacial score (nSPS) is 12.4. The molecule has 14 heavy (non-hydrogen) atoms. The molecule has 0 aromatic carbocycles. The molecule has 4 nitrogen and oxygen atoms in total. The highest BCUT2D eigenvalue weighted by atomic mass is 16.5.